The lowest BCUT2D eigenvalue weighted by atomic mass is 9.90. The Bertz CT molecular complexity index is 3140. The number of piperidine rings is 1. The van der Waals surface area contributed by atoms with Gasteiger partial charge in [0, 0.05) is 75.1 Å². The van der Waals surface area contributed by atoms with E-state index in [9.17, 15) is 41.9 Å². The van der Waals surface area contributed by atoms with Crippen molar-refractivity contribution in [3.8, 4) is 0 Å². The van der Waals surface area contributed by atoms with Gasteiger partial charge in [-0.25, -0.2) is 4.39 Å². The van der Waals surface area contributed by atoms with Gasteiger partial charge in [0.1, 0.15) is 65.7 Å². The van der Waals surface area contributed by atoms with Crippen molar-refractivity contribution in [3.63, 3.8) is 0 Å². The lowest BCUT2D eigenvalue weighted by molar-refractivity contribution is -0.161. The number of benzene rings is 1. The van der Waals surface area contributed by atoms with Gasteiger partial charge in [0.25, 0.3) is 0 Å². The highest BCUT2D eigenvalue weighted by Crippen LogP contribution is 2.38. The number of fused-ring (bicyclic) bond motifs is 2. The predicted octanol–water partition coefficient (Wildman–Crippen LogP) is 4.51. The highest BCUT2D eigenvalue weighted by molar-refractivity contribution is 6.01. The van der Waals surface area contributed by atoms with E-state index >= 15 is 33.2 Å². The first kappa shape index (κ1) is 79.9. The first-order chi connectivity index (χ1) is 47.2. The van der Waals surface area contributed by atoms with Crippen LogP contribution in [0.3, 0.4) is 0 Å². The van der Waals surface area contributed by atoms with Gasteiger partial charge in [0.05, 0.1) is 25.1 Å². The number of likely N-dealkylation sites (N-methyl/N-ethyl adjacent to an activating group) is 6. The Hall–Kier alpha value is -7.46. The molecule has 1 aromatic rings. The molecule has 4 heterocycles. The number of nitrogens with one attached hydrogen (secondary N) is 3. The number of amides is 12. The van der Waals surface area contributed by atoms with Gasteiger partial charge in [0.2, 0.25) is 70.9 Å². The van der Waals surface area contributed by atoms with E-state index in [1.54, 1.807) is 11.8 Å². The van der Waals surface area contributed by atoms with E-state index in [-0.39, 0.29) is 89.2 Å². The molecular weight excluding hydrogens is 1300 g/mol. The number of aryl methyl sites for hydroxylation is 1. The summed E-state index contributed by atoms with van der Waals surface area (Å²) in [5, 5.41) is 8.63. The smallest absolute Gasteiger partial charge is 0.379 e. The number of alkyl halides is 3. The first-order valence-electron chi connectivity index (χ1n) is 36.0. The second-order valence-electron chi connectivity index (χ2n) is 29.1. The van der Waals surface area contributed by atoms with Crippen molar-refractivity contribution in [2.45, 2.75) is 236 Å². The quantitative estimate of drug-likeness (QED) is 0.181. The molecule has 2 saturated carbocycles. The topological polar surface area (TPSA) is 279 Å². The van der Waals surface area contributed by atoms with Crippen molar-refractivity contribution in [1.82, 2.24) is 60.0 Å². The fraction of sp³-hybridized carbons (Fsp3) is 0.746. The lowest BCUT2D eigenvalue weighted by Crippen LogP contribution is -2.65. The van der Waals surface area contributed by atoms with Crippen LogP contribution in [0.5, 0.6) is 0 Å². The Morgan fingerprint density at radius 1 is 0.660 bits per heavy atom. The summed E-state index contributed by atoms with van der Waals surface area (Å²) in [5.74, 6) is -10.8. The molecule has 0 bridgehead atoms. The van der Waals surface area contributed by atoms with Gasteiger partial charge in [-0.15, -0.1) is 0 Å². The van der Waals surface area contributed by atoms with E-state index in [4.69, 9.17) is 4.74 Å². The summed E-state index contributed by atoms with van der Waals surface area (Å²) in [6.07, 6.45) is 1.48. The summed E-state index contributed by atoms with van der Waals surface area (Å²) < 4.78 is 62.0. The van der Waals surface area contributed by atoms with Crippen molar-refractivity contribution in [3.05, 3.63) is 35.1 Å². The molecule has 0 unspecified atom stereocenters. The molecular formula is C71H108F4N12O13. The Morgan fingerprint density at radius 3 is 1.90 bits per heavy atom. The van der Waals surface area contributed by atoms with Crippen LogP contribution in [0.1, 0.15) is 175 Å². The van der Waals surface area contributed by atoms with E-state index in [1.165, 1.54) is 78.6 Å². The number of hydrogen-bond acceptors (Lipinski definition) is 13. The zero-order chi connectivity index (χ0) is 73.8. The maximum absolute atomic E-state index is 15.7. The summed E-state index contributed by atoms with van der Waals surface area (Å²) in [7, 11) is 8.41. The second kappa shape index (κ2) is 34.9. The molecule has 0 radical (unpaired) electrons. The molecule has 6 fully saturated rings. The molecule has 2 aliphatic carbocycles. The minimum Gasteiger partial charge on any atom is -0.379 e. The molecule has 12 amide bonds. The van der Waals surface area contributed by atoms with Crippen LogP contribution in [0, 0.1) is 23.6 Å². The fourth-order valence-corrected chi connectivity index (χ4v) is 15.1. The van der Waals surface area contributed by atoms with Crippen molar-refractivity contribution < 1.29 is 79.8 Å². The van der Waals surface area contributed by atoms with Crippen LogP contribution < -0.4 is 16.0 Å². The normalized spacial score (nSPS) is 27.6. The number of halogens is 4. The molecule has 6 aliphatic rings. The molecule has 558 valence electrons. The zero-order valence-corrected chi connectivity index (χ0v) is 60.6. The summed E-state index contributed by atoms with van der Waals surface area (Å²) in [5.41, 5.74) is -3.06. The van der Waals surface area contributed by atoms with Gasteiger partial charge in [-0.2, -0.15) is 13.2 Å². The monoisotopic (exact) mass is 1410 g/mol. The van der Waals surface area contributed by atoms with E-state index in [0.717, 1.165) is 35.1 Å². The van der Waals surface area contributed by atoms with Crippen LogP contribution in [0.2, 0.25) is 0 Å². The molecule has 7 rings (SSSR count). The van der Waals surface area contributed by atoms with Gasteiger partial charge in [-0.05, 0) is 132 Å². The van der Waals surface area contributed by atoms with Crippen LogP contribution in [-0.4, -0.2) is 263 Å². The molecule has 4 saturated heterocycles. The number of ether oxygens (including phenoxy) is 1. The van der Waals surface area contributed by atoms with Gasteiger partial charge in [-0.3, -0.25) is 57.5 Å². The number of nitrogens with zero attached hydrogens (tertiary/aromatic N) is 9. The average Bonchev–Trinajstić information content (AvgIpc) is 1.38. The van der Waals surface area contributed by atoms with E-state index in [0.29, 0.717) is 76.6 Å². The highest BCUT2D eigenvalue weighted by Gasteiger charge is 2.52. The molecule has 10 atom stereocenters. The Morgan fingerprint density at radius 2 is 1.31 bits per heavy atom. The van der Waals surface area contributed by atoms with Crippen molar-refractivity contribution in [2.24, 2.45) is 17.8 Å². The van der Waals surface area contributed by atoms with Gasteiger partial charge >= 0.3 is 6.18 Å². The van der Waals surface area contributed by atoms with Gasteiger partial charge < -0.3 is 64.8 Å². The number of rotatable bonds is 13. The number of hydrogen-bond donors (Lipinski definition) is 3. The van der Waals surface area contributed by atoms with Gasteiger partial charge in [0.15, 0.2) is 0 Å². The molecule has 3 N–H and O–H groups in total. The first-order valence-corrected chi connectivity index (χ1v) is 36.0. The SMILES string of the molecule is CCCOC[C@H]1C(=O)N(C)CC(=O)N[C@@H](CCc2ccc(C(F)(F)F)c(F)c2)C(=O)N2CCC[C@H]2C(=O)NC2(CCCC2)C(=O)N(C)[C@@H](C2CCCC2)C(=O)N(C)[C@H](C(=O)N2CCCCC2)CC(=O)N(C)[C@@H](CC(C)C)C(=O)N[C@@H]([C@@H](C)CC)C(=O)N(C)[C@@H](C)C(=O)N2CC[C@H]2C(=O)N1C. The second-order valence-corrected chi connectivity index (χ2v) is 29.1. The third-order valence-corrected chi connectivity index (χ3v) is 21.7. The van der Waals surface area contributed by atoms with Crippen LogP contribution in [0.4, 0.5) is 17.6 Å². The highest BCUT2D eigenvalue weighted by atomic mass is 19.4. The minimum absolute atomic E-state index is 0.0144. The zero-order valence-electron chi connectivity index (χ0n) is 60.6. The average molecular weight is 1410 g/mol. The molecule has 25 nitrogen and oxygen atoms in total. The van der Waals surface area contributed by atoms with E-state index in [2.05, 4.69) is 16.0 Å². The third-order valence-electron chi connectivity index (χ3n) is 21.7. The number of likely N-dealkylation sites (tertiary alicyclic amines) is 1. The summed E-state index contributed by atoms with van der Waals surface area (Å²) in [6, 6.07) is -9.18. The van der Waals surface area contributed by atoms with Crippen LogP contribution >= 0.6 is 0 Å². The Kier molecular flexibility index (Phi) is 27.9. The minimum atomic E-state index is -5.01. The maximum atomic E-state index is 15.7. The van der Waals surface area contributed by atoms with Crippen LogP contribution in [0.15, 0.2) is 18.2 Å². The summed E-state index contributed by atoms with van der Waals surface area (Å²) in [4.78, 5) is 191. The van der Waals surface area contributed by atoms with Crippen LogP contribution in [0.25, 0.3) is 0 Å². The third kappa shape index (κ3) is 18.6. The van der Waals surface area contributed by atoms with Gasteiger partial charge in [-0.1, -0.05) is 72.8 Å². The van der Waals surface area contributed by atoms with E-state index < -0.39 is 173 Å². The van der Waals surface area contributed by atoms with Crippen molar-refractivity contribution in [1.29, 1.82) is 0 Å². The largest absolute Gasteiger partial charge is 0.419 e. The Balaban J connectivity index is 1.29. The molecule has 100 heavy (non-hydrogen) atoms. The lowest BCUT2D eigenvalue weighted by Gasteiger charge is -2.45. The summed E-state index contributed by atoms with van der Waals surface area (Å²) >= 11 is 0. The molecule has 1 spiro atoms. The van der Waals surface area contributed by atoms with Crippen molar-refractivity contribution >= 4 is 70.9 Å². The van der Waals surface area contributed by atoms with Crippen molar-refractivity contribution in [2.75, 3.05) is 88.2 Å². The predicted molar refractivity (Wildman–Crippen MR) is 361 cm³/mol. The molecule has 29 heteroatoms. The number of carbonyl (C=O) groups excluding carboxylic acids is 12. The molecule has 0 aromatic heterocycles. The van der Waals surface area contributed by atoms with E-state index in [1.807, 2.05) is 27.7 Å². The maximum Gasteiger partial charge on any atom is 0.419 e. The number of carbonyl (C=O) groups is 12. The molecule has 1 aromatic carbocycles. The van der Waals surface area contributed by atoms with Crippen LogP contribution in [-0.2, 0) is 74.9 Å². The summed E-state index contributed by atoms with van der Waals surface area (Å²) in [6.45, 7) is 10.6. The molecule has 4 aliphatic heterocycles. The fourth-order valence-electron chi connectivity index (χ4n) is 15.1. The Labute approximate surface area is 585 Å². The standard InChI is InChI=1S/C71H108F4N12O13/c1-13-37-100-42-55-64(94)79(7)41-56(88)76-50(29-27-46-26-28-48(49(72)39-46)71(73,74)75)63(93)86-35-22-25-51(86)61(91)78-70(31-18-19-32-70)69(99)84(12)59(47-23-16-17-24-47)68(98)82(10)54(66(96)85-33-20-15-21-34-85)40-57(89)81(9)53(38-43(3)4)60(90)77-58(44(5)14-2)67(97)80(8)45(6)62(92)87-36-30-52(87)65(95)83(55)11/h26,28,39,43-45,47,50-55,58-59H,13-25,27,29-38,40-42H2,1-12H3,(H,76,88)(H,77,90)(H,78,91)/t44-,45-,50-,51-,52-,53-,54-,55-,58-,59-/m0/s1.